The van der Waals surface area contributed by atoms with Crippen LogP contribution in [0.1, 0.15) is 30.4 Å². The molecule has 2 aliphatic rings. The van der Waals surface area contributed by atoms with Gasteiger partial charge in [0.25, 0.3) is 0 Å². The van der Waals surface area contributed by atoms with Crippen molar-refractivity contribution in [2.24, 2.45) is 18.9 Å². The minimum absolute atomic E-state index is 0.0671. The van der Waals surface area contributed by atoms with E-state index in [1.165, 1.54) is 5.69 Å². The van der Waals surface area contributed by atoms with Gasteiger partial charge in [-0.3, -0.25) is 14.6 Å². The number of aromatic nitrogens is 6. The van der Waals surface area contributed by atoms with E-state index in [1.807, 2.05) is 24.1 Å². The lowest BCUT2D eigenvalue weighted by Gasteiger charge is -2.38. The third-order valence-electron chi connectivity index (χ3n) is 6.50. The van der Waals surface area contributed by atoms with Crippen molar-refractivity contribution in [2.75, 3.05) is 13.1 Å². The average Bonchev–Trinajstić information content (AvgIpc) is 3.42. The van der Waals surface area contributed by atoms with Crippen molar-refractivity contribution in [1.82, 2.24) is 34.2 Å². The quantitative estimate of drug-likeness (QED) is 0.662. The lowest BCUT2D eigenvalue weighted by molar-refractivity contribution is 0.0501. The van der Waals surface area contributed by atoms with Crippen molar-refractivity contribution in [3.8, 4) is 5.88 Å². The fraction of sp³-hybridized carbons (Fsp3) is 0.524. The van der Waals surface area contributed by atoms with E-state index >= 15 is 0 Å². The lowest BCUT2D eigenvalue weighted by atomic mass is 9.77. The number of rotatable bonds is 5. The normalized spacial score (nSPS) is 27.1. The zero-order valence-electron chi connectivity index (χ0n) is 16.9. The topological polar surface area (TPSA) is 73.9 Å². The Balaban J connectivity index is 1.35. The zero-order valence-corrected chi connectivity index (χ0v) is 16.9. The molecule has 2 fully saturated rings. The fourth-order valence-corrected chi connectivity index (χ4v) is 5.06. The summed E-state index contributed by atoms with van der Waals surface area (Å²) < 4.78 is 10.6. The number of imidazole rings is 1. The number of fused-ring (bicyclic) bond motifs is 1. The molecule has 1 saturated carbocycles. The molecule has 1 saturated heterocycles. The van der Waals surface area contributed by atoms with Gasteiger partial charge in [-0.2, -0.15) is 5.10 Å². The van der Waals surface area contributed by atoms with Gasteiger partial charge in [0.05, 0.1) is 17.9 Å². The molecule has 5 rings (SSSR count). The summed E-state index contributed by atoms with van der Waals surface area (Å²) in [6.45, 7) is 5.24. The molecule has 0 amide bonds. The van der Waals surface area contributed by atoms with Crippen molar-refractivity contribution in [2.45, 2.75) is 38.5 Å². The number of ether oxygens (including phenoxy) is 1. The Bertz CT molecular complexity index is 953. The van der Waals surface area contributed by atoms with Crippen LogP contribution < -0.4 is 4.74 Å². The van der Waals surface area contributed by atoms with Gasteiger partial charge in [0, 0.05) is 57.7 Å². The smallest absolute Gasteiger partial charge is 0.232 e. The number of hydrogen-bond donors (Lipinski definition) is 0. The second-order valence-corrected chi connectivity index (χ2v) is 8.28. The van der Waals surface area contributed by atoms with Crippen LogP contribution in [0.4, 0.5) is 0 Å². The van der Waals surface area contributed by atoms with Crippen LogP contribution in [0.2, 0.25) is 0 Å². The molecule has 4 atom stereocenters. The number of hydrogen-bond acceptors (Lipinski definition) is 6. The Labute approximate surface area is 170 Å². The van der Waals surface area contributed by atoms with Crippen molar-refractivity contribution >= 4 is 0 Å². The van der Waals surface area contributed by atoms with Gasteiger partial charge in [-0.15, -0.1) is 0 Å². The van der Waals surface area contributed by atoms with Gasteiger partial charge in [0.2, 0.25) is 5.88 Å². The first kappa shape index (κ1) is 18.3. The molecule has 0 aromatic carbocycles. The molecule has 0 unspecified atom stereocenters. The molecule has 29 heavy (non-hydrogen) atoms. The minimum Gasteiger partial charge on any atom is -0.471 e. The van der Waals surface area contributed by atoms with E-state index in [1.54, 1.807) is 18.6 Å². The lowest BCUT2D eigenvalue weighted by Crippen LogP contribution is -2.40. The Morgan fingerprint density at radius 3 is 2.62 bits per heavy atom. The summed E-state index contributed by atoms with van der Waals surface area (Å²) in [6.07, 6.45) is 13.1. The summed E-state index contributed by atoms with van der Waals surface area (Å²) in [5.74, 6) is 2.93. The van der Waals surface area contributed by atoms with Crippen LogP contribution in [-0.2, 0) is 13.6 Å². The standard InChI is InChI=1S/C21H27N7O/c1-15-23-7-8-28(15)19-9-16-12-27(14-18-3-4-25-26(18)2)13-17(16)10-20(19)29-21-11-22-5-6-24-21/h3-8,11,16-17,19-20H,9-10,12-14H2,1-2H3/t16-,17+,19-,20-/m0/s1. The average molecular weight is 393 g/mol. The summed E-state index contributed by atoms with van der Waals surface area (Å²) in [5.41, 5.74) is 1.26. The number of aryl methyl sites for hydroxylation is 2. The van der Waals surface area contributed by atoms with E-state index in [2.05, 4.69) is 48.7 Å². The third kappa shape index (κ3) is 3.64. The highest BCUT2D eigenvalue weighted by molar-refractivity contribution is 5.08. The molecule has 1 aliphatic carbocycles. The van der Waals surface area contributed by atoms with Crippen molar-refractivity contribution in [1.29, 1.82) is 0 Å². The maximum atomic E-state index is 6.36. The van der Waals surface area contributed by atoms with Crippen LogP contribution in [-0.4, -0.2) is 53.4 Å². The maximum Gasteiger partial charge on any atom is 0.232 e. The molecular formula is C21H27N7O. The van der Waals surface area contributed by atoms with Gasteiger partial charge in [-0.05, 0) is 37.7 Å². The molecule has 0 bridgehead atoms. The summed E-state index contributed by atoms with van der Waals surface area (Å²) in [5, 5.41) is 4.31. The first-order valence-corrected chi connectivity index (χ1v) is 10.3. The molecule has 0 radical (unpaired) electrons. The van der Waals surface area contributed by atoms with Gasteiger partial charge < -0.3 is 9.30 Å². The van der Waals surface area contributed by atoms with E-state index in [0.717, 1.165) is 38.3 Å². The Hall–Kier alpha value is -2.74. The first-order valence-electron chi connectivity index (χ1n) is 10.3. The highest BCUT2D eigenvalue weighted by Crippen LogP contribution is 2.43. The maximum absolute atomic E-state index is 6.36. The van der Waals surface area contributed by atoms with E-state index in [-0.39, 0.29) is 12.1 Å². The van der Waals surface area contributed by atoms with Gasteiger partial charge >= 0.3 is 0 Å². The zero-order chi connectivity index (χ0) is 19.8. The second-order valence-electron chi connectivity index (χ2n) is 8.28. The van der Waals surface area contributed by atoms with Gasteiger partial charge in [0.1, 0.15) is 11.9 Å². The first-order chi connectivity index (χ1) is 14.2. The molecule has 3 aromatic heterocycles. The Morgan fingerprint density at radius 2 is 1.93 bits per heavy atom. The molecule has 4 heterocycles. The van der Waals surface area contributed by atoms with Crippen LogP contribution >= 0.6 is 0 Å². The predicted octanol–water partition coefficient (Wildman–Crippen LogP) is 2.25. The highest BCUT2D eigenvalue weighted by atomic mass is 16.5. The third-order valence-corrected chi connectivity index (χ3v) is 6.50. The summed E-state index contributed by atoms with van der Waals surface area (Å²) in [7, 11) is 2.01. The van der Waals surface area contributed by atoms with Gasteiger partial charge in [0.15, 0.2) is 0 Å². The molecular weight excluding hydrogens is 366 g/mol. The van der Waals surface area contributed by atoms with Crippen LogP contribution in [0.25, 0.3) is 0 Å². The predicted molar refractivity (Wildman–Crippen MR) is 107 cm³/mol. The highest BCUT2D eigenvalue weighted by Gasteiger charge is 2.44. The van der Waals surface area contributed by atoms with Crippen molar-refractivity contribution in [3.63, 3.8) is 0 Å². The van der Waals surface area contributed by atoms with Crippen LogP contribution in [0.3, 0.4) is 0 Å². The minimum atomic E-state index is 0.0671. The molecule has 8 nitrogen and oxygen atoms in total. The number of nitrogens with zero attached hydrogens (tertiary/aromatic N) is 7. The molecule has 0 spiro atoms. The molecule has 1 aliphatic heterocycles. The van der Waals surface area contributed by atoms with E-state index in [0.29, 0.717) is 17.7 Å². The second kappa shape index (κ2) is 7.59. The van der Waals surface area contributed by atoms with E-state index < -0.39 is 0 Å². The molecule has 152 valence electrons. The van der Waals surface area contributed by atoms with Crippen LogP contribution in [0, 0.1) is 18.8 Å². The van der Waals surface area contributed by atoms with Gasteiger partial charge in [-0.25, -0.2) is 9.97 Å². The van der Waals surface area contributed by atoms with E-state index in [4.69, 9.17) is 4.74 Å². The van der Waals surface area contributed by atoms with Crippen LogP contribution in [0.15, 0.2) is 43.2 Å². The SMILES string of the molecule is Cc1nccn1[C@H]1C[C@H]2CN(Cc3ccnn3C)C[C@H]2C[C@@H]1Oc1cnccn1. The summed E-state index contributed by atoms with van der Waals surface area (Å²) in [6, 6.07) is 2.37. The number of likely N-dealkylation sites (tertiary alicyclic amines) is 1. The van der Waals surface area contributed by atoms with Crippen molar-refractivity contribution in [3.05, 3.63) is 54.8 Å². The fourth-order valence-electron chi connectivity index (χ4n) is 5.06. The van der Waals surface area contributed by atoms with E-state index in [9.17, 15) is 0 Å². The molecule has 8 heteroatoms. The molecule has 0 N–H and O–H groups in total. The van der Waals surface area contributed by atoms with Crippen molar-refractivity contribution < 1.29 is 4.74 Å². The summed E-state index contributed by atoms with van der Waals surface area (Å²) >= 11 is 0. The molecule has 3 aromatic rings. The Kier molecular flexibility index (Phi) is 4.79. The largest absolute Gasteiger partial charge is 0.471 e. The van der Waals surface area contributed by atoms with Crippen LogP contribution in [0.5, 0.6) is 5.88 Å². The monoisotopic (exact) mass is 393 g/mol. The Morgan fingerprint density at radius 1 is 1.07 bits per heavy atom. The summed E-state index contributed by atoms with van der Waals surface area (Å²) in [4.78, 5) is 15.5. The van der Waals surface area contributed by atoms with Gasteiger partial charge in [-0.1, -0.05) is 0 Å².